The van der Waals surface area contributed by atoms with Gasteiger partial charge in [0.05, 0.1) is 27.7 Å². The smallest absolute Gasteiger partial charge is 0.462 e. The molecule has 0 aliphatic rings. The average molecular weight is 1300 g/mol. The number of quaternary nitrogens is 1. The first kappa shape index (κ1) is 87.6. The third-order valence-corrected chi connectivity index (χ3v) is 16.5. The Morgan fingerprint density at radius 3 is 0.870 bits per heavy atom. The Hall–Kier alpha value is -4.37. The zero-order valence-electron chi connectivity index (χ0n) is 59.7. The van der Waals surface area contributed by atoms with E-state index in [4.69, 9.17) is 18.5 Å². The first-order chi connectivity index (χ1) is 45.0. The minimum atomic E-state index is -4.40. The second-order valence-electron chi connectivity index (χ2n) is 25.6. The lowest BCUT2D eigenvalue weighted by atomic mass is 10.0. The fraction of sp³-hybridized carbons (Fsp3) is 0.659. The Morgan fingerprint density at radius 2 is 0.587 bits per heavy atom. The fourth-order valence-electron chi connectivity index (χ4n) is 9.94. The molecular weight excluding hydrogens is 1160 g/mol. The normalized spacial score (nSPS) is 14.0. The molecule has 9 nitrogen and oxygen atoms in total. The summed E-state index contributed by atoms with van der Waals surface area (Å²) in [5.41, 5.74) is 0. The summed E-state index contributed by atoms with van der Waals surface area (Å²) < 4.78 is 34.8. The third-order valence-electron chi connectivity index (χ3n) is 15.6. The number of rotatable bonds is 67. The van der Waals surface area contributed by atoms with Crippen molar-refractivity contribution in [2.45, 2.75) is 302 Å². The molecule has 1 N–H and O–H groups in total. The lowest BCUT2D eigenvalue weighted by molar-refractivity contribution is -0.870. The number of phosphoric acid groups is 1. The standard InChI is InChI=1S/C82H138NO8P/c1-6-8-10-12-14-16-18-20-22-24-26-28-30-32-34-35-36-37-38-39-40-41-42-43-44-45-46-47-49-51-53-55-57-59-61-63-65-67-69-71-73-75-82(85)91-80(79-90-92(86,87)89-77-76-83(3,4)5)78-88-81(84)74-72-70-68-66-64-62-60-58-56-54-52-50-48-33-31-29-27-25-23-21-19-17-15-13-11-9-7-2/h8-11,14-17,20-23,26-29,32-34,36-37,39-40,42-43,48,80H,6-7,12-13,18-19,24-25,30-31,35,38,41,44-47,49-79H2,1-5H3/p+1/b10-8-,11-9-,16-14-,17-15-,22-20-,23-21-,28-26-,29-27-,34-32-,37-36-,40-39-,43-42-,48-33-. The van der Waals surface area contributed by atoms with Gasteiger partial charge in [0.15, 0.2) is 6.10 Å². The molecule has 0 aromatic carbocycles. The van der Waals surface area contributed by atoms with Crippen LogP contribution in [0.3, 0.4) is 0 Å². The topological polar surface area (TPSA) is 108 Å². The molecule has 0 spiro atoms. The van der Waals surface area contributed by atoms with Gasteiger partial charge in [-0.25, -0.2) is 4.57 Å². The molecular formula is C82H139NO8P+. The van der Waals surface area contributed by atoms with Gasteiger partial charge in [-0.15, -0.1) is 0 Å². The van der Waals surface area contributed by atoms with E-state index in [1.54, 1.807) is 0 Å². The summed E-state index contributed by atoms with van der Waals surface area (Å²) in [6.07, 6.45) is 106. The van der Waals surface area contributed by atoms with Gasteiger partial charge in [0.1, 0.15) is 19.8 Å². The number of hydrogen-bond acceptors (Lipinski definition) is 7. The molecule has 0 aliphatic heterocycles. The highest BCUT2D eigenvalue weighted by Gasteiger charge is 2.27. The van der Waals surface area contributed by atoms with E-state index in [1.807, 2.05) is 21.1 Å². The number of allylic oxidation sites excluding steroid dienone is 26. The van der Waals surface area contributed by atoms with Crippen molar-refractivity contribution >= 4 is 19.8 Å². The first-order valence-electron chi connectivity index (χ1n) is 37.2. The average Bonchev–Trinajstić information content (AvgIpc) is 2.23. The van der Waals surface area contributed by atoms with Crippen molar-refractivity contribution in [1.82, 2.24) is 0 Å². The van der Waals surface area contributed by atoms with Gasteiger partial charge in [0.25, 0.3) is 0 Å². The maximum absolute atomic E-state index is 12.9. The lowest BCUT2D eigenvalue weighted by Crippen LogP contribution is -2.37. The largest absolute Gasteiger partial charge is 0.472 e. The molecule has 10 heteroatoms. The van der Waals surface area contributed by atoms with Crippen LogP contribution >= 0.6 is 7.82 Å². The monoisotopic (exact) mass is 1300 g/mol. The van der Waals surface area contributed by atoms with Crippen LogP contribution in [0.15, 0.2) is 158 Å². The summed E-state index contributed by atoms with van der Waals surface area (Å²) in [5, 5.41) is 0. The van der Waals surface area contributed by atoms with Crippen LogP contribution in [-0.2, 0) is 32.7 Å². The zero-order valence-corrected chi connectivity index (χ0v) is 60.6. The summed E-state index contributed by atoms with van der Waals surface area (Å²) in [4.78, 5) is 35.9. The third kappa shape index (κ3) is 74.7. The molecule has 0 saturated heterocycles. The molecule has 524 valence electrons. The van der Waals surface area contributed by atoms with Crippen LogP contribution in [0.4, 0.5) is 0 Å². The summed E-state index contributed by atoms with van der Waals surface area (Å²) in [7, 11) is 1.47. The van der Waals surface area contributed by atoms with Gasteiger partial charge < -0.3 is 18.9 Å². The van der Waals surface area contributed by atoms with Crippen LogP contribution in [0.1, 0.15) is 296 Å². The number of likely N-dealkylation sites (N-methyl/N-ethyl adjacent to an activating group) is 1. The molecule has 0 radical (unpaired) electrons. The summed E-state index contributed by atoms with van der Waals surface area (Å²) in [6, 6.07) is 0. The van der Waals surface area contributed by atoms with Gasteiger partial charge in [-0.05, 0) is 122 Å². The van der Waals surface area contributed by atoms with Crippen molar-refractivity contribution in [3.8, 4) is 0 Å². The van der Waals surface area contributed by atoms with E-state index in [1.165, 1.54) is 141 Å². The quantitative estimate of drug-likeness (QED) is 0.0211. The fourth-order valence-corrected chi connectivity index (χ4v) is 10.7. The van der Waals surface area contributed by atoms with Gasteiger partial charge in [0.2, 0.25) is 0 Å². The van der Waals surface area contributed by atoms with Crippen molar-refractivity contribution in [3.63, 3.8) is 0 Å². The summed E-state index contributed by atoms with van der Waals surface area (Å²) >= 11 is 0. The SMILES string of the molecule is CC/C=C\C/C=C\C/C=C\C/C=C\C/C=C\C/C=C\C/C=C\C/C=C\CCCCCCCCCCCCCCCCCCC(=O)OC(COC(=O)CCCCCCCCCCCCC/C=C\C/C=C\C/C=C\C/C=C\C/C=C\CC)COP(=O)(O)OCC[N+](C)(C)C. The second kappa shape index (κ2) is 70.9. The minimum Gasteiger partial charge on any atom is -0.462 e. The highest BCUT2D eigenvalue weighted by atomic mass is 31.2. The Bertz CT molecular complexity index is 2110. The van der Waals surface area contributed by atoms with Crippen LogP contribution in [-0.4, -0.2) is 74.9 Å². The van der Waals surface area contributed by atoms with Gasteiger partial charge >= 0.3 is 19.8 Å². The number of unbranched alkanes of at least 4 members (excludes halogenated alkanes) is 27. The van der Waals surface area contributed by atoms with Crippen molar-refractivity contribution in [2.24, 2.45) is 0 Å². The Morgan fingerprint density at radius 1 is 0.337 bits per heavy atom. The molecule has 2 atom stereocenters. The van der Waals surface area contributed by atoms with Crippen molar-refractivity contribution < 1.29 is 42.1 Å². The second-order valence-corrected chi connectivity index (χ2v) is 27.0. The number of carbonyl (C=O) groups is 2. The molecule has 0 amide bonds. The van der Waals surface area contributed by atoms with E-state index in [2.05, 4.69) is 172 Å². The predicted octanol–water partition coefficient (Wildman–Crippen LogP) is 24.7. The molecule has 92 heavy (non-hydrogen) atoms. The minimum absolute atomic E-state index is 0.0256. The van der Waals surface area contributed by atoms with Crippen molar-refractivity contribution in [2.75, 3.05) is 47.5 Å². The van der Waals surface area contributed by atoms with Crippen LogP contribution in [0.2, 0.25) is 0 Å². The number of hydrogen-bond donors (Lipinski definition) is 1. The molecule has 0 saturated carbocycles. The molecule has 0 bridgehead atoms. The summed E-state index contributed by atoms with van der Waals surface area (Å²) in [5.74, 6) is -0.801. The molecule has 0 rings (SSSR count). The summed E-state index contributed by atoms with van der Waals surface area (Å²) in [6.45, 7) is 4.21. The van der Waals surface area contributed by atoms with Crippen LogP contribution < -0.4 is 0 Å². The van der Waals surface area contributed by atoms with Gasteiger partial charge in [-0.3, -0.25) is 18.6 Å². The van der Waals surface area contributed by atoms with Crippen molar-refractivity contribution in [1.29, 1.82) is 0 Å². The lowest BCUT2D eigenvalue weighted by Gasteiger charge is -2.24. The van der Waals surface area contributed by atoms with Crippen LogP contribution in [0, 0.1) is 0 Å². The van der Waals surface area contributed by atoms with Gasteiger partial charge in [0, 0.05) is 12.8 Å². The first-order valence-corrected chi connectivity index (χ1v) is 38.7. The number of esters is 2. The Balaban J connectivity index is 4.03. The molecule has 0 aromatic rings. The molecule has 0 aliphatic carbocycles. The Kier molecular flexibility index (Phi) is 67.6. The maximum atomic E-state index is 12.9. The van der Waals surface area contributed by atoms with E-state index in [0.29, 0.717) is 17.4 Å². The van der Waals surface area contributed by atoms with E-state index in [-0.39, 0.29) is 32.0 Å². The van der Waals surface area contributed by atoms with Crippen molar-refractivity contribution in [3.05, 3.63) is 158 Å². The van der Waals surface area contributed by atoms with E-state index < -0.39 is 26.5 Å². The Labute approximate surface area is 566 Å². The number of ether oxygens (including phenoxy) is 2. The molecule has 0 fully saturated rings. The van der Waals surface area contributed by atoms with E-state index in [0.717, 1.165) is 122 Å². The predicted molar refractivity (Wildman–Crippen MR) is 399 cm³/mol. The van der Waals surface area contributed by atoms with Gasteiger partial charge in [-0.2, -0.15) is 0 Å². The number of phosphoric ester groups is 1. The number of nitrogens with zero attached hydrogens (tertiary/aromatic N) is 1. The van der Waals surface area contributed by atoms with Gasteiger partial charge in [-0.1, -0.05) is 320 Å². The van der Waals surface area contributed by atoms with E-state index in [9.17, 15) is 19.0 Å². The highest BCUT2D eigenvalue weighted by Crippen LogP contribution is 2.43. The van der Waals surface area contributed by atoms with Crippen LogP contribution in [0.5, 0.6) is 0 Å². The zero-order chi connectivity index (χ0) is 66.9. The maximum Gasteiger partial charge on any atom is 0.472 e. The van der Waals surface area contributed by atoms with E-state index >= 15 is 0 Å². The van der Waals surface area contributed by atoms with Crippen LogP contribution in [0.25, 0.3) is 0 Å². The molecule has 2 unspecified atom stereocenters. The molecule has 0 aromatic heterocycles. The highest BCUT2D eigenvalue weighted by molar-refractivity contribution is 7.47. The molecule has 0 heterocycles. The number of carbonyl (C=O) groups excluding carboxylic acids is 2.